The zero-order valence-corrected chi connectivity index (χ0v) is 29.6. The Morgan fingerprint density at radius 1 is 0.222 bits per heavy atom. The molecule has 7 nitrogen and oxygen atoms in total. The molecule has 7 aromatic carbocycles. The third kappa shape index (κ3) is 8.95. The third-order valence-electron chi connectivity index (χ3n) is 9.77. The molecule has 0 aliphatic rings. The second kappa shape index (κ2) is 16.7. The van der Waals surface area contributed by atoms with Crippen molar-refractivity contribution < 1.29 is 35.7 Å². The van der Waals surface area contributed by atoms with Crippen LogP contribution >= 0.6 is 0 Å². The minimum Gasteiger partial charge on any atom is -0.508 e. The molecule has 54 heavy (non-hydrogen) atoms. The van der Waals surface area contributed by atoms with Gasteiger partial charge in [0.1, 0.15) is 40.2 Å². The largest absolute Gasteiger partial charge is 0.508 e. The Kier molecular flexibility index (Phi) is 11.4. The minimum atomic E-state index is -0.139. The van der Waals surface area contributed by atoms with Crippen LogP contribution in [-0.4, -0.2) is 35.7 Å². The van der Waals surface area contributed by atoms with E-state index in [1.165, 1.54) is 0 Å². The number of hydrogen-bond donors (Lipinski definition) is 7. The number of hydrogen-bond acceptors (Lipinski definition) is 7. The van der Waals surface area contributed by atoms with E-state index in [0.29, 0.717) is 0 Å². The van der Waals surface area contributed by atoms with Crippen molar-refractivity contribution in [2.75, 3.05) is 0 Å². The van der Waals surface area contributed by atoms with E-state index in [4.69, 9.17) is 0 Å². The van der Waals surface area contributed by atoms with E-state index in [1.54, 1.807) is 84.9 Å². The Morgan fingerprint density at radius 3 is 0.556 bits per heavy atom. The summed E-state index contributed by atoms with van der Waals surface area (Å²) in [5.74, 6) is 1.42. The average molecular weight is 719 g/mol. The van der Waals surface area contributed by atoms with E-state index in [9.17, 15) is 35.7 Å². The molecule has 1 atom stereocenters. The molecule has 0 saturated heterocycles. The second-order valence-electron chi connectivity index (χ2n) is 13.4. The molecule has 7 aromatic rings. The Balaban J connectivity index is 0.000000189. The summed E-state index contributed by atoms with van der Waals surface area (Å²) < 4.78 is 0. The summed E-state index contributed by atoms with van der Waals surface area (Å²) in [5, 5.41) is 67.8. The van der Waals surface area contributed by atoms with Crippen molar-refractivity contribution >= 4 is 0 Å². The zero-order valence-electron chi connectivity index (χ0n) is 29.6. The van der Waals surface area contributed by atoms with Crippen LogP contribution in [0.3, 0.4) is 0 Å². The molecule has 0 bridgehead atoms. The van der Waals surface area contributed by atoms with Crippen molar-refractivity contribution in [3.8, 4) is 40.2 Å². The van der Waals surface area contributed by atoms with Gasteiger partial charge in [0.2, 0.25) is 0 Å². The highest BCUT2D eigenvalue weighted by Crippen LogP contribution is 2.44. The van der Waals surface area contributed by atoms with Gasteiger partial charge in [0, 0.05) is 17.8 Å². The highest BCUT2D eigenvalue weighted by molar-refractivity contribution is 5.48. The van der Waals surface area contributed by atoms with E-state index >= 15 is 0 Å². The maximum absolute atomic E-state index is 9.79. The molecule has 0 saturated carbocycles. The van der Waals surface area contributed by atoms with Gasteiger partial charge in [-0.2, -0.15) is 0 Å². The quantitative estimate of drug-likeness (QED) is 0.0788. The smallest absolute Gasteiger partial charge is 0.115 e. The lowest BCUT2D eigenvalue weighted by atomic mass is 9.73. The summed E-state index contributed by atoms with van der Waals surface area (Å²) in [6.07, 6.45) is 0. The fourth-order valence-electron chi connectivity index (χ4n) is 6.98. The van der Waals surface area contributed by atoms with Gasteiger partial charge in [0.05, 0.1) is 0 Å². The summed E-state index contributed by atoms with van der Waals surface area (Å²) in [5.41, 5.74) is 7.24. The molecule has 0 heterocycles. The van der Waals surface area contributed by atoms with Gasteiger partial charge < -0.3 is 35.7 Å². The van der Waals surface area contributed by atoms with Gasteiger partial charge in [-0.3, -0.25) is 0 Å². The predicted molar refractivity (Wildman–Crippen MR) is 211 cm³/mol. The molecule has 0 aliphatic carbocycles. The highest BCUT2D eigenvalue weighted by Gasteiger charge is 2.29. The topological polar surface area (TPSA) is 142 Å². The Labute approximate surface area is 314 Å². The molecule has 0 spiro atoms. The Hall–Kier alpha value is -6.86. The van der Waals surface area contributed by atoms with E-state index in [1.807, 2.05) is 84.9 Å². The van der Waals surface area contributed by atoms with Crippen LogP contribution in [0.5, 0.6) is 40.2 Å². The van der Waals surface area contributed by atoms with Crippen LogP contribution in [0, 0.1) is 0 Å². The van der Waals surface area contributed by atoms with Crippen molar-refractivity contribution in [2.24, 2.45) is 0 Å². The fraction of sp³-hybridized carbons (Fsp3) is 0.106. The predicted octanol–water partition coefficient (Wildman–Crippen LogP) is 10.2. The van der Waals surface area contributed by atoms with E-state index in [0.717, 1.165) is 38.9 Å². The molecular formula is C47H42O7. The highest BCUT2D eigenvalue weighted by atomic mass is 16.3. The fourth-order valence-corrected chi connectivity index (χ4v) is 6.98. The summed E-state index contributed by atoms with van der Waals surface area (Å²) in [4.78, 5) is 0. The SMILES string of the molecule is CC(c1ccc(O)cc1)C(c1ccc(O)cc1)c1ccc(O)cc1.Oc1ccc(C(c2ccc(O)cc2)C(c2ccc(O)cc2)c2ccc(O)cc2)cc1. The lowest BCUT2D eigenvalue weighted by molar-refractivity contribution is 0.473. The standard InChI is InChI=1S/C26H22O4.C21H20O3/c27-21-9-1-17(2-10-21)25(18-3-11-22(28)12-4-18)26(19-5-13-23(29)14-6-19)20-7-15-24(30)16-8-20;1-14(15-2-8-18(22)9-3-15)21(16-4-10-19(23)11-5-16)17-6-12-20(24)13-7-17/h1-16,25-30H;2-14,21-24H,1H3. The van der Waals surface area contributed by atoms with Crippen molar-refractivity contribution in [1.82, 2.24) is 0 Å². The molecule has 272 valence electrons. The molecule has 7 heteroatoms. The number of benzene rings is 7. The van der Waals surface area contributed by atoms with E-state index in [2.05, 4.69) is 6.92 Å². The van der Waals surface area contributed by atoms with E-state index in [-0.39, 0.29) is 63.9 Å². The first-order chi connectivity index (χ1) is 26.0. The van der Waals surface area contributed by atoms with Gasteiger partial charge in [-0.1, -0.05) is 91.9 Å². The van der Waals surface area contributed by atoms with Gasteiger partial charge in [-0.25, -0.2) is 0 Å². The van der Waals surface area contributed by atoms with Crippen molar-refractivity contribution in [3.63, 3.8) is 0 Å². The monoisotopic (exact) mass is 718 g/mol. The zero-order chi connectivity index (χ0) is 38.2. The summed E-state index contributed by atoms with van der Waals surface area (Å²) in [6, 6.07) is 50.1. The summed E-state index contributed by atoms with van der Waals surface area (Å²) >= 11 is 0. The van der Waals surface area contributed by atoms with Gasteiger partial charge in [-0.15, -0.1) is 0 Å². The van der Waals surface area contributed by atoms with Gasteiger partial charge in [0.15, 0.2) is 0 Å². The molecule has 1 unspecified atom stereocenters. The molecule has 0 fully saturated rings. The minimum absolute atomic E-state index is 0.0655. The van der Waals surface area contributed by atoms with Crippen LogP contribution in [0.1, 0.15) is 69.5 Å². The molecular weight excluding hydrogens is 677 g/mol. The third-order valence-corrected chi connectivity index (χ3v) is 9.77. The van der Waals surface area contributed by atoms with Gasteiger partial charge >= 0.3 is 0 Å². The first kappa shape index (κ1) is 36.9. The maximum Gasteiger partial charge on any atom is 0.115 e. The van der Waals surface area contributed by atoms with Crippen molar-refractivity contribution in [2.45, 2.75) is 30.6 Å². The Bertz CT molecular complexity index is 1980. The van der Waals surface area contributed by atoms with Crippen LogP contribution in [0.2, 0.25) is 0 Å². The molecule has 7 N–H and O–H groups in total. The molecule has 0 aromatic heterocycles. The van der Waals surface area contributed by atoms with Crippen LogP contribution in [0.4, 0.5) is 0 Å². The molecule has 0 aliphatic heterocycles. The lowest BCUT2D eigenvalue weighted by Gasteiger charge is -2.29. The van der Waals surface area contributed by atoms with E-state index < -0.39 is 0 Å². The number of aromatic hydroxyl groups is 7. The van der Waals surface area contributed by atoms with Gasteiger partial charge in [-0.05, 0) is 130 Å². The Morgan fingerprint density at radius 2 is 0.370 bits per heavy atom. The molecule has 0 radical (unpaired) electrons. The second-order valence-corrected chi connectivity index (χ2v) is 13.4. The maximum atomic E-state index is 9.79. The average Bonchev–Trinajstić information content (AvgIpc) is 3.18. The van der Waals surface area contributed by atoms with Crippen LogP contribution in [0.25, 0.3) is 0 Å². The molecule has 0 amide bonds. The van der Waals surface area contributed by atoms with Gasteiger partial charge in [0.25, 0.3) is 0 Å². The summed E-state index contributed by atoms with van der Waals surface area (Å²) in [6.45, 7) is 2.14. The lowest BCUT2D eigenvalue weighted by Crippen LogP contribution is -2.14. The summed E-state index contributed by atoms with van der Waals surface area (Å²) in [7, 11) is 0. The normalized spacial score (nSPS) is 11.6. The molecule has 7 rings (SSSR count). The number of rotatable bonds is 9. The first-order valence-electron chi connectivity index (χ1n) is 17.6. The number of phenolic OH excluding ortho intramolecular Hbond substituents is 7. The van der Waals surface area contributed by atoms with Crippen LogP contribution in [-0.2, 0) is 0 Å². The van der Waals surface area contributed by atoms with Crippen molar-refractivity contribution in [3.05, 3.63) is 209 Å². The van der Waals surface area contributed by atoms with Crippen molar-refractivity contribution in [1.29, 1.82) is 0 Å². The number of phenols is 7. The first-order valence-corrected chi connectivity index (χ1v) is 17.6. The van der Waals surface area contributed by atoms with Crippen LogP contribution < -0.4 is 0 Å². The van der Waals surface area contributed by atoms with Crippen LogP contribution in [0.15, 0.2) is 170 Å².